The fourth-order valence-electron chi connectivity index (χ4n) is 2.01. The molecule has 0 radical (unpaired) electrons. The molecular formula is C15H19AsN2O3. The molecule has 1 unspecified atom stereocenters. The molecule has 1 atom stereocenters. The van der Waals surface area contributed by atoms with Crippen LogP contribution in [0.2, 0.25) is 5.21 Å². The number of nitrogens with zero attached hydrogens (tertiary/aromatic N) is 1. The molecule has 0 spiro atoms. The van der Waals surface area contributed by atoms with Crippen LogP contribution in [-0.4, -0.2) is 24.9 Å². The van der Waals surface area contributed by atoms with E-state index in [-0.39, 0.29) is 0 Å². The van der Waals surface area contributed by atoms with E-state index in [0.717, 1.165) is 5.69 Å². The molecule has 2 rings (SSSR count). The summed E-state index contributed by atoms with van der Waals surface area (Å²) in [6, 6.07) is 17.2. The maximum atomic E-state index is 8.36. The van der Waals surface area contributed by atoms with E-state index in [1.165, 1.54) is 15.1 Å². The van der Waals surface area contributed by atoms with Crippen molar-refractivity contribution < 1.29 is 10.3 Å². The van der Waals surface area contributed by atoms with Gasteiger partial charge in [-0.05, 0) is 0 Å². The summed E-state index contributed by atoms with van der Waals surface area (Å²) in [5.74, 6) is 0. The average molecular weight is 350 g/mol. The Bertz CT molecular complexity index is 584. The van der Waals surface area contributed by atoms with Crippen LogP contribution in [-0.2, 0) is 0 Å². The molecular weight excluding hydrogens is 331 g/mol. The minimum absolute atomic E-state index is 0.851. The summed E-state index contributed by atoms with van der Waals surface area (Å²) in [7, 11) is 0. The molecule has 0 heterocycles. The Morgan fingerprint density at radius 2 is 1.71 bits per heavy atom. The molecule has 3 N–H and O–H groups in total. The zero-order chi connectivity index (χ0) is 15.8. The minimum Gasteiger partial charge on any atom is -0.328 e. The number of hydrogen-bond acceptors (Lipinski definition) is 3. The average Bonchev–Trinajstić information content (AvgIpc) is 2.43. The third-order valence-electron chi connectivity index (χ3n) is 2.93. The molecule has 0 saturated heterocycles. The first-order chi connectivity index (χ1) is 9.95. The number of nitrogens with two attached hydrogens (primary N) is 1. The van der Waals surface area contributed by atoms with Gasteiger partial charge in [-0.1, -0.05) is 0 Å². The van der Waals surface area contributed by atoms with E-state index in [1.54, 1.807) is 4.35 Å². The second-order valence-electron chi connectivity index (χ2n) is 4.36. The number of benzene rings is 2. The molecule has 0 aliphatic carbocycles. The Morgan fingerprint density at radius 3 is 2.19 bits per heavy atom. The Hall–Kier alpha value is -2.00. The van der Waals surface area contributed by atoms with Crippen LogP contribution < -0.4 is 14.4 Å². The molecule has 0 aliphatic heterocycles. The molecule has 6 heteroatoms. The Labute approximate surface area is 128 Å². The number of rotatable bonds is 3. The van der Waals surface area contributed by atoms with Crippen molar-refractivity contribution in [1.29, 1.82) is 0 Å². The molecule has 112 valence electrons. The van der Waals surface area contributed by atoms with Gasteiger partial charge in [-0.2, -0.15) is 0 Å². The van der Waals surface area contributed by atoms with E-state index in [9.17, 15) is 0 Å². The Morgan fingerprint density at radius 1 is 1.19 bits per heavy atom. The van der Waals surface area contributed by atoms with Crippen molar-refractivity contribution in [1.82, 2.24) is 0 Å². The molecule has 0 fully saturated rings. The predicted octanol–water partition coefficient (Wildman–Crippen LogP) is 1.86. The molecule has 21 heavy (non-hydrogen) atoms. The Balaban J connectivity index is 0.000000491. The second kappa shape index (κ2) is 8.32. The van der Waals surface area contributed by atoms with Crippen LogP contribution in [0.5, 0.6) is 0 Å². The fraction of sp³-hybridized carbons (Fsp3) is 0.200. The van der Waals surface area contributed by atoms with Gasteiger partial charge in [-0.25, -0.2) is 0 Å². The summed E-state index contributed by atoms with van der Waals surface area (Å²) in [6.45, 7) is 4.51. The van der Waals surface area contributed by atoms with Crippen LogP contribution in [0, 0.1) is 17.0 Å². The van der Waals surface area contributed by atoms with Crippen LogP contribution in [0.25, 0.3) is 0 Å². The van der Waals surface area contributed by atoms with Gasteiger partial charge in [0.25, 0.3) is 5.09 Å². The predicted molar refractivity (Wildman–Crippen MR) is 86.3 cm³/mol. The maximum Gasteiger partial charge on any atom is 0.291 e. The van der Waals surface area contributed by atoms with E-state index in [1.807, 2.05) is 12.1 Å². The quantitative estimate of drug-likeness (QED) is 0.383. The summed E-state index contributed by atoms with van der Waals surface area (Å²) in [4.78, 5) is 8.36. The van der Waals surface area contributed by atoms with Gasteiger partial charge in [-0.15, -0.1) is 10.1 Å². The van der Waals surface area contributed by atoms with Crippen LogP contribution >= 0.6 is 0 Å². The van der Waals surface area contributed by atoms with Gasteiger partial charge in [0.05, 0.1) is 0 Å². The second-order valence-corrected chi connectivity index (χ2v) is 9.58. The van der Waals surface area contributed by atoms with Crippen molar-refractivity contribution in [2.24, 2.45) is 0 Å². The molecule has 0 aliphatic rings. The smallest absolute Gasteiger partial charge is 0.291 e. The van der Waals surface area contributed by atoms with Crippen LogP contribution in [0.3, 0.4) is 0 Å². The van der Waals surface area contributed by atoms with Crippen LogP contribution in [0.4, 0.5) is 5.69 Å². The zero-order valence-corrected chi connectivity index (χ0v) is 13.9. The van der Waals surface area contributed by atoms with Gasteiger partial charge < -0.3 is 5.21 Å². The van der Waals surface area contributed by atoms with Gasteiger partial charge in [0, 0.05) is 0 Å². The molecule has 0 bridgehead atoms. The van der Waals surface area contributed by atoms with Gasteiger partial charge in [0.1, 0.15) is 0 Å². The summed E-state index contributed by atoms with van der Waals surface area (Å²) in [6.07, 6.45) is 0. The minimum atomic E-state index is -1.50. The largest absolute Gasteiger partial charge is 0.328 e. The zero-order valence-electron chi connectivity index (χ0n) is 12.1. The van der Waals surface area contributed by atoms with Gasteiger partial charge in [0.2, 0.25) is 0 Å². The molecule has 2 aromatic rings. The van der Waals surface area contributed by atoms with E-state index < -0.39 is 19.7 Å². The summed E-state index contributed by atoms with van der Waals surface area (Å²) < 4.78 is 3.05. The van der Waals surface area contributed by atoms with Crippen molar-refractivity contribution in [2.75, 3.05) is 5.73 Å². The first kappa shape index (κ1) is 17.1. The van der Waals surface area contributed by atoms with E-state index in [4.69, 9.17) is 21.1 Å². The Kier molecular flexibility index (Phi) is 6.76. The van der Waals surface area contributed by atoms with Crippen molar-refractivity contribution in [3.05, 3.63) is 64.2 Å². The number of anilines is 1. The summed E-state index contributed by atoms with van der Waals surface area (Å²) in [5, 5.41) is 14.9. The summed E-state index contributed by atoms with van der Waals surface area (Å²) >= 11 is -1.12. The molecule has 2 aromatic carbocycles. The van der Waals surface area contributed by atoms with Gasteiger partial charge >= 0.3 is 108 Å². The third-order valence-corrected chi connectivity index (χ3v) is 8.46. The SMILES string of the molecule is CC[As](c1ccc(N)cc1)c1ccccc1C.O=[N+]([O-])O. The number of hydrogen-bond donors (Lipinski definition) is 2. The first-order valence-corrected chi connectivity index (χ1v) is 9.68. The monoisotopic (exact) mass is 350 g/mol. The van der Waals surface area contributed by atoms with Gasteiger partial charge in [0.15, 0.2) is 0 Å². The first-order valence-electron chi connectivity index (χ1n) is 6.47. The summed E-state index contributed by atoms with van der Waals surface area (Å²) in [5.41, 5.74) is 8.03. The van der Waals surface area contributed by atoms with Crippen LogP contribution in [0.1, 0.15) is 12.5 Å². The molecule has 0 aromatic heterocycles. The van der Waals surface area contributed by atoms with Crippen molar-refractivity contribution in [3.63, 3.8) is 0 Å². The molecule has 0 saturated carbocycles. The molecule has 0 amide bonds. The van der Waals surface area contributed by atoms with Gasteiger partial charge in [-0.3, -0.25) is 0 Å². The van der Waals surface area contributed by atoms with E-state index in [2.05, 4.69) is 50.2 Å². The van der Waals surface area contributed by atoms with Crippen LogP contribution in [0.15, 0.2) is 48.5 Å². The van der Waals surface area contributed by atoms with E-state index >= 15 is 0 Å². The van der Waals surface area contributed by atoms with Crippen molar-refractivity contribution in [3.8, 4) is 0 Å². The fourth-order valence-corrected chi connectivity index (χ4v) is 6.75. The molecule has 5 nitrogen and oxygen atoms in total. The third kappa shape index (κ3) is 5.48. The number of nitrogen functional groups attached to an aromatic ring is 1. The van der Waals surface area contributed by atoms with Crippen molar-refractivity contribution >= 4 is 29.0 Å². The van der Waals surface area contributed by atoms with Crippen molar-refractivity contribution in [2.45, 2.75) is 19.1 Å². The topological polar surface area (TPSA) is 89.4 Å². The van der Waals surface area contributed by atoms with E-state index in [0.29, 0.717) is 0 Å². The standard InChI is InChI=1S/C15H18AsN.HNO3/c1-3-16(13-8-10-14(17)11-9-13)15-7-5-4-6-12(15)2;2-1(3)4/h4-11H,3,17H2,1-2H3;(H,2,3,4). The normalized spacial score (nSPS) is 11.1. The maximum absolute atomic E-state index is 8.36. The number of aryl methyl sites for hydroxylation is 1.